The summed E-state index contributed by atoms with van der Waals surface area (Å²) in [5.74, 6) is 0.260. The van der Waals surface area contributed by atoms with Gasteiger partial charge in [0, 0.05) is 0 Å². The average molecular weight is 204 g/mol. The van der Waals surface area contributed by atoms with E-state index in [4.69, 9.17) is 5.11 Å². The minimum atomic E-state index is -0.679. The summed E-state index contributed by atoms with van der Waals surface area (Å²) in [5, 5.41) is 8.56. The molecule has 0 aromatic rings. The molecule has 0 aromatic heterocycles. The molecule has 0 fully saturated rings. The number of aliphatic carboxylic acids is 1. The van der Waals surface area contributed by atoms with Gasteiger partial charge in [-0.2, -0.15) is 0 Å². The van der Waals surface area contributed by atoms with E-state index in [9.17, 15) is 4.79 Å². The fourth-order valence-corrected chi connectivity index (χ4v) is 2.26. The molecule has 1 N–H and O–H groups in total. The Morgan fingerprint density at radius 2 is 2.00 bits per heavy atom. The van der Waals surface area contributed by atoms with Gasteiger partial charge in [0.1, 0.15) is 5.25 Å². The second-order valence-electron chi connectivity index (χ2n) is 4.42. The van der Waals surface area contributed by atoms with E-state index >= 15 is 0 Å². The Morgan fingerprint density at radius 1 is 1.46 bits per heavy atom. The van der Waals surface area contributed by atoms with Crippen LogP contribution in [0.4, 0.5) is 0 Å². The normalized spacial score (nSPS) is 14.2. The molecule has 0 spiro atoms. The lowest BCUT2D eigenvalue weighted by Crippen LogP contribution is -2.17. The maximum atomic E-state index is 10.7. The van der Waals surface area contributed by atoms with E-state index in [0.29, 0.717) is 11.8 Å². The fraction of sp³-hybridized carbons (Fsp3) is 0.900. The molecule has 0 rings (SSSR count). The Hall–Kier alpha value is -0.180. The van der Waals surface area contributed by atoms with Crippen LogP contribution in [0, 0.1) is 5.41 Å². The van der Waals surface area contributed by atoms with E-state index < -0.39 is 5.97 Å². The topological polar surface area (TPSA) is 37.3 Å². The van der Waals surface area contributed by atoms with Crippen LogP contribution in [0.3, 0.4) is 0 Å². The summed E-state index contributed by atoms with van der Waals surface area (Å²) >= 11 is 1.56. The van der Waals surface area contributed by atoms with Crippen LogP contribution in [0.25, 0.3) is 0 Å². The standard InChI is InChI=1S/C10H20O2S/c1-5-8(9(11)12)13-7-6-10(2,3)4/h8H,5-7H2,1-4H3,(H,11,12). The van der Waals surface area contributed by atoms with Gasteiger partial charge in [0.05, 0.1) is 0 Å². The molecule has 13 heavy (non-hydrogen) atoms. The lowest BCUT2D eigenvalue weighted by Gasteiger charge is -2.18. The van der Waals surface area contributed by atoms with Gasteiger partial charge < -0.3 is 5.11 Å². The second kappa shape index (κ2) is 5.53. The van der Waals surface area contributed by atoms with E-state index in [1.54, 1.807) is 11.8 Å². The number of rotatable bonds is 5. The van der Waals surface area contributed by atoms with Gasteiger partial charge in [-0.05, 0) is 24.0 Å². The number of carboxylic acid groups (broad SMARTS) is 1. The Kier molecular flexibility index (Phi) is 5.45. The summed E-state index contributed by atoms with van der Waals surface area (Å²) in [6, 6.07) is 0. The molecule has 3 heteroatoms. The van der Waals surface area contributed by atoms with Gasteiger partial charge in [0.2, 0.25) is 0 Å². The van der Waals surface area contributed by atoms with Crippen molar-refractivity contribution in [3.8, 4) is 0 Å². The molecule has 0 heterocycles. The summed E-state index contributed by atoms with van der Waals surface area (Å²) < 4.78 is 0. The third kappa shape index (κ3) is 6.94. The molecule has 0 aromatic carbocycles. The summed E-state index contributed by atoms with van der Waals surface area (Å²) in [5.41, 5.74) is 0.309. The molecule has 78 valence electrons. The average Bonchev–Trinajstić information content (AvgIpc) is 1.95. The van der Waals surface area contributed by atoms with Gasteiger partial charge in [-0.1, -0.05) is 27.7 Å². The predicted octanol–water partition coefficient (Wildman–Crippen LogP) is 3.02. The van der Waals surface area contributed by atoms with Crippen LogP contribution in [-0.2, 0) is 4.79 Å². The SMILES string of the molecule is CCC(SCCC(C)(C)C)C(=O)O. The van der Waals surface area contributed by atoms with Crippen molar-refractivity contribution in [2.75, 3.05) is 5.75 Å². The van der Waals surface area contributed by atoms with Crippen LogP contribution in [0.15, 0.2) is 0 Å². The highest BCUT2D eigenvalue weighted by molar-refractivity contribution is 8.00. The molecular formula is C10H20O2S. The van der Waals surface area contributed by atoms with Crippen LogP contribution < -0.4 is 0 Å². The van der Waals surface area contributed by atoms with Gasteiger partial charge in [-0.3, -0.25) is 4.79 Å². The molecule has 0 amide bonds. The molecule has 1 atom stereocenters. The first-order valence-electron chi connectivity index (χ1n) is 4.71. The Balaban J connectivity index is 3.68. The monoisotopic (exact) mass is 204 g/mol. The largest absolute Gasteiger partial charge is 0.480 e. The van der Waals surface area contributed by atoms with Crippen molar-refractivity contribution in [1.82, 2.24) is 0 Å². The van der Waals surface area contributed by atoms with Crippen molar-refractivity contribution in [3.05, 3.63) is 0 Å². The molecule has 0 radical (unpaired) electrons. The lowest BCUT2D eigenvalue weighted by atomic mass is 9.94. The quantitative estimate of drug-likeness (QED) is 0.748. The zero-order valence-corrected chi connectivity index (χ0v) is 9.78. The van der Waals surface area contributed by atoms with Crippen molar-refractivity contribution >= 4 is 17.7 Å². The highest BCUT2D eigenvalue weighted by atomic mass is 32.2. The van der Waals surface area contributed by atoms with Crippen LogP contribution in [0.5, 0.6) is 0 Å². The molecular weight excluding hydrogens is 184 g/mol. The molecule has 1 unspecified atom stereocenters. The number of carbonyl (C=O) groups is 1. The molecule has 2 nitrogen and oxygen atoms in total. The zero-order chi connectivity index (χ0) is 10.5. The Morgan fingerprint density at radius 3 is 2.31 bits per heavy atom. The highest BCUT2D eigenvalue weighted by Crippen LogP contribution is 2.24. The van der Waals surface area contributed by atoms with Crippen LogP contribution >= 0.6 is 11.8 Å². The molecule has 0 aliphatic carbocycles. The van der Waals surface area contributed by atoms with E-state index in [1.807, 2.05) is 6.92 Å². The lowest BCUT2D eigenvalue weighted by molar-refractivity contribution is -0.136. The van der Waals surface area contributed by atoms with Gasteiger partial charge in [-0.15, -0.1) is 11.8 Å². The Bertz CT molecular complexity index is 161. The number of thioether (sulfide) groups is 1. The van der Waals surface area contributed by atoms with Crippen molar-refractivity contribution < 1.29 is 9.90 Å². The van der Waals surface area contributed by atoms with E-state index in [2.05, 4.69) is 20.8 Å². The minimum Gasteiger partial charge on any atom is -0.480 e. The number of hydrogen-bond acceptors (Lipinski definition) is 2. The summed E-state index contributed by atoms with van der Waals surface area (Å²) in [4.78, 5) is 10.7. The zero-order valence-electron chi connectivity index (χ0n) is 8.96. The molecule has 0 saturated carbocycles. The molecule has 0 bridgehead atoms. The first kappa shape index (κ1) is 12.8. The van der Waals surface area contributed by atoms with Gasteiger partial charge in [0.15, 0.2) is 0 Å². The second-order valence-corrected chi connectivity index (χ2v) is 5.73. The Labute approximate surface area is 85.1 Å². The smallest absolute Gasteiger partial charge is 0.316 e. The van der Waals surface area contributed by atoms with E-state index in [1.165, 1.54) is 0 Å². The van der Waals surface area contributed by atoms with Crippen LogP contribution in [-0.4, -0.2) is 22.1 Å². The first-order valence-corrected chi connectivity index (χ1v) is 5.76. The van der Waals surface area contributed by atoms with Gasteiger partial charge in [-0.25, -0.2) is 0 Å². The summed E-state index contributed by atoms with van der Waals surface area (Å²) in [6.07, 6.45) is 1.78. The minimum absolute atomic E-state index is 0.220. The third-order valence-corrected chi connectivity index (χ3v) is 3.19. The van der Waals surface area contributed by atoms with Gasteiger partial charge >= 0.3 is 5.97 Å². The summed E-state index contributed by atoms with van der Waals surface area (Å²) in [7, 11) is 0. The van der Waals surface area contributed by atoms with Crippen molar-refractivity contribution in [3.63, 3.8) is 0 Å². The van der Waals surface area contributed by atoms with Crippen molar-refractivity contribution in [1.29, 1.82) is 0 Å². The highest BCUT2D eigenvalue weighted by Gasteiger charge is 2.17. The molecule has 0 aliphatic heterocycles. The maximum absolute atomic E-state index is 10.7. The summed E-state index contributed by atoms with van der Waals surface area (Å²) in [6.45, 7) is 8.45. The van der Waals surface area contributed by atoms with Crippen molar-refractivity contribution in [2.45, 2.75) is 45.8 Å². The maximum Gasteiger partial charge on any atom is 0.316 e. The third-order valence-electron chi connectivity index (χ3n) is 1.82. The van der Waals surface area contributed by atoms with Crippen molar-refractivity contribution in [2.24, 2.45) is 5.41 Å². The van der Waals surface area contributed by atoms with Crippen LogP contribution in [0.1, 0.15) is 40.5 Å². The van der Waals surface area contributed by atoms with E-state index in [0.717, 1.165) is 12.2 Å². The molecule has 0 saturated heterocycles. The van der Waals surface area contributed by atoms with Crippen LogP contribution in [0.2, 0.25) is 0 Å². The number of carboxylic acids is 1. The van der Waals surface area contributed by atoms with E-state index in [-0.39, 0.29) is 5.25 Å². The first-order chi connectivity index (χ1) is 5.87. The molecule has 0 aliphatic rings. The fourth-order valence-electron chi connectivity index (χ4n) is 0.871. The predicted molar refractivity (Wildman–Crippen MR) is 58.2 cm³/mol. The number of hydrogen-bond donors (Lipinski definition) is 1. The van der Waals surface area contributed by atoms with Gasteiger partial charge in [0.25, 0.3) is 0 Å².